The van der Waals surface area contributed by atoms with E-state index >= 15 is 0 Å². The third kappa shape index (κ3) is 3.73. The topological polar surface area (TPSA) is 23.6 Å². The first-order valence-electron chi connectivity index (χ1n) is 8.08. The molecule has 21 heavy (non-hydrogen) atoms. The second-order valence-corrected chi connectivity index (χ2v) is 6.00. The predicted octanol–water partition coefficient (Wildman–Crippen LogP) is 2.79. The van der Waals surface area contributed by atoms with Crippen LogP contribution in [0.5, 0.6) is 0 Å². The second kappa shape index (κ2) is 6.90. The average Bonchev–Trinajstić information content (AvgIpc) is 3.13. The molecule has 0 N–H and O–H groups in total. The van der Waals surface area contributed by atoms with Crippen molar-refractivity contribution in [1.82, 2.24) is 9.80 Å². The van der Waals surface area contributed by atoms with Gasteiger partial charge in [-0.05, 0) is 31.4 Å². The van der Waals surface area contributed by atoms with Crippen molar-refractivity contribution in [3.8, 4) is 0 Å². The predicted molar refractivity (Wildman–Crippen MR) is 85.9 cm³/mol. The van der Waals surface area contributed by atoms with Crippen LogP contribution in [0.1, 0.15) is 31.2 Å². The van der Waals surface area contributed by atoms with E-state index in [-0.39, 0.29) is 0 Å². The van der Waals surface area contributed by atoms with Gasteiger partial charge in [0.25, 0.3) is 0 Å². The Kier molecular flexibility index (Phi) is 4.71. The molecule has 3 heteroatoms. The van der Waals surface area contributed by atoms with Crippen LogP contribution in [-0.4, -0.2) is 47.9 Å². The average molecular weight is 284 g/mol. The Balaban J connectivity index is 1.53. The Morgan fingerprint density at radius 3 is 2.71 bits per heavy atom. The summed E-state index contributed by atoms with van der Waals surface area (Å²) < 4.78 is 0. The molecule has 112 valence electrons. The van der Waals surface area contributed by atoms with Crippen LogP contribution in [-0.2, 0) is 4.79 Å². The van der Waals surface area contributed by atoms with Gasteiger partial charge in [-0.25, -0.2) is 0 Å². The molecule has 2 aliphatic rings. The van der Waals surface area contributed by atoms with E-state index < -0.39 is 0 Å². The van der Waals surface area contributed by atoms with E-state index in [1.54, 1.807) is 0 Å². The third-order valence-corrected chi connectivity index (χ3v) is 4.55. The Morgan fingerprint density at radius 1 is 1.10 bits per heavy atom. The van der Waals surface area contributed by atoms with Gasteiger partial charge in [0.2, 0.25) is 5.91 Å². The fraction of sp³-hybridized carbons (Fsp3) is 0.500. The van der Waals surface area contributed by atoms with Gasteiger partial charge < -0.3 is 4.90 Å². The number of rotatable bonds is 5. The molecular formula is C18H24N2O. The van der Waals surface area contributed by atoms with Crippen molar-refractivity contribution in [2.24, 2.45) is 0 Å². The quantitative estimate of drug-likeness (QED) is 0.830. The monoisotopic (exact) mass is 284 g/mol. The zero-order valence-electron chi connectivity index (χ0n) is 12.6. The Hall–Kier alpha value is -1.61. The van der Waals surface area contributed by atoms with Gasteiger partial charge in [-0.15, -0.1) is 0 Å². The van der Waals surface area contributed by atoms with Crippen LogP contribution in [0.25, 0.3) is 6.08 Å². The van der Waals surface area contributed by atoms with Crippen molar-refractivity contribution in [2.75, 3.05) is 26.2 Å². The van der Waals surface area contributed by atoms with E-state index in [4.69, 9.17) is 0 Å². The highest BCUT2D eigenvalue weighted by molar-refractivity contribution is 5.78. The highest BCUT2D eigenvalue weighted by Gasteiger charge is 2.25. The van der Waals surface area contributed by atoms with Gasteiger partial charge in [0, 0.05) is 32.1 Å². The fourth-order valence-electron chi connectivity index (χ4n) is 3.32. The molecule has 3 nitrogen and oxygen atoms in total. The lowest BCUT2D eigenvalue weighted by Gasteiger charge is -2.25. The van der Waals surface area contributed by atoms with E-state index in [2.05, 4.69) is 41.3 Å². The molecule has 0 radical (unpaired) electrons. The van der Waals surface area contributed by atoms with Gasteiger partial charge in [-0.3, -0.25) is 9.69 Å². The van der Waals surface area contributed by atoms with Crippen molar-refractivity contribution in [2.45, 2.75) is 31.7 Å². The highest BCUT2D eigenvalue weighted by Crippen LogP contribution is 2.20. The van der Waals surface area contributed by atoms with Crippen molar-refractivity contribution in [3.63, 3.8) is 0 Å². The van der Waals surface area contributed by atoms with Crippen molar-refractivity contribution >= 4 is 12.0 Å². The molecule has 1 amide bonds. The molecule has 0 saturated carbocycles. The van der Waals surface area contributed by atoms with E-state index in [9.17, 15) is 4.79 Å². The van der Waals surface area contributed by atoms with Crippen LogP contribution in [0.4, 0.5) is 0 Å². The molecule has 0 bridgehead atoms. The van der Waals surface area contributed by atoms with Crippen molar-refractivity contribution in [3.05, 3.63) is 42.0 Å². The number of amides is 1. The second-order valence-electron chi connectivity index (χ2n) is 6.00. The van der Waals surface area contributed by atoms with Crippen LogP contribution in [0.15, 0.2) is 36.4 Å². The van der Waals surface area contributed by atoms with Gasteiger partial charge in [0.05, 0.1) is 0 Å². The number of carbonyl (C=O) groups is 1. The molecule has 2 heterocycles. The van der Waals surface area contributed by atoms with E-state index in [1.807, 2.05) is 11.0 Å². The maximum absolute atomic E-state index is 11.7. The molecule has 0 aliphatic carbocycles. The lowest BCUT2D eigenvalue weighted by Crippen LogP contribution is -2.37. The minimum absolute atomic E-state index is 0.338. The number of nitrogens with zero attached hydrogens (tertiary/aromatic N) is 2. The molecule has 0 aromatic heterocycles. The van der Waals surface area contributed by atoms with E-state index in [1.165, 1.54) is 18.4 Å². The highest BCUT2D eigenvalue weighted by atomic mass is 16.2. The molecule has 2 saturated heterocycles. The van der Waals surface area contributed by atoms with Gasteiger partial charge in [0.1, 0.15) is 0 Å². The summed E-state index contributed by atoms with van der Waals surface area (Å²) in [7, 11) is 0. The zero-order chi connectivity index (χ0) is 14.5. The standard InChI is InChI=1S/C18H24N2O/c21-18-9-5-13-20(18)15-14-19-12-4-8-17(19)11-10-16-6-2-1-3-7-16/h1-3,6-7,10-11,17H,4-5,8-9,12-15H2/b11-10+/t17-/m0/s1. The minimum atomic E-state index is 0.338. The summed E-state index contributed by atoms with van der Waals surface area (Å²) in [5.74, 6) is 0.338. The molecule has 1 atom stereocenters. The van der Waals surface area contributed by atoms with Crippen LogP contribution in [0, 0.1) is 0 Å². The molecular weight excluding hydrogens is 260 g/mol. The van der Waals surface area contributed by atoms with Crippen molar-refractivity contribution < 1.29 is 4.79 Å². The molecule has 0 spiro atoms. The van der Waals surface area contributed by atoms with Crippen LogP contribution in [0.3, 0.4) is 0 Å². The lowest BCUT2D eigenvalue weighted by molar-refractivity contribution is -0.127. The van der Waals surface area contributed by atoms with Gasteiger partial charge >= 0.3 is 0 Å². The maximum atomic E-state index is 11.7. The first kappa shape index (κ1) is 14.3. The maximum Gasteiger partial charge on any atom is 0.222 e. The summed E-state index contributed by atoms with van der Waals surface area (Å²) >= 11 is 0. The molecule has 2 aliphatic heterocycles. The molecule has 1 aromatic rings. The summed E-state index contributed by atoms with van der Waals surface area (Å²) in [5, 5.41) is 0. The third-order valence-electron chi connectivity index (χ3n) is 4.55. The summed E-state index contributed by atoms with van der Waals surface area (Å²) in [6.45, 7) is 4.02. The summed E-state index contributed by atoms with van der Waals surface area (Å²) in [4.78, 5) is 16.2. The largest absolute Gasteiger partial charge is 0.341 e. The SMILES string of the molecule is O=C1CCCN1CCN1CCC[C@H]1/C=C/c1ccccc1. The van der Waals surface area contributed by atoms with Gasteiger partial charge in [0.15, 0.2) is 0 Å². The normalized spacial score (nSPS) is 23.5. The van der Waals surface area contributed by atoms with Crippen LogP contribution in [0.2, 0.25) is 0 Å². The molecule has 2 fully saturated rings. The Morgan fingerprint density at radius 2 is 1.95 bits per heavy atom. The number of benzene rings is 1. The number of hydrogen-bond donors (Lipinski definition) is 0. The summed E-state index contributed by atoms with van der Waals surface area (Å²) in [5.41, 5.74) is 1.26. The number of carbonyl (C=O) groups excluding carboxylic acids is 1. The number of likely N-dealkylation sites (tertiary alicyclic amines) is 2. The first-order valence-corrected chi connectivity index (χ1v) is 8.08. The van der Waals surface area contributed by atoms with Gasteiger partial charge in [-0.2, -0.15) is 0 Å². The lowest BCUT2D eigenvalue weighted by atomic mass is 10.1. The van der Waals surface area contributed by atoms with Crippen LogP contribution < -0.4 is 0 Å². The molecule has 0 unspecified atom stereocenters. The van der Waals surface area contributed by atoms with E-state index in [0.717, 1.165) is 39.0 Å². The molecule has 3 rings (SSSR count). The molecule has 1 aromatic carbocycles. The van der Waals surface area contributed by atoms with Crippen LogP contribution >= 0.6 is 0 Å². The van der Waals surface area contributed by atoms with E-state index in [0.29, 0.717) is 11.9 Å². The smallest absolute Gasteiger partial charge is 0.222 e. The first-order chi connectivity index (χ1) is 10.3. The minimum Gasteiger partial charge on any atom is -0.341 e. The number of hydrogen-bond acceptors (Lipinski definition) is 2. The van der Waals surface area contributed by atoms with Gasteiger partial charge in [-0.1, -0.05) is 42.5 Å². The summed E-state index contributed by atoms with van der Waals surface area (Å²) in [6.07, 6.45) is 8.83. The van der Waals surface area contributed by atoms with Crippen molar-refractivity contribution in [1.29, 1.82) is 0 Å². The fourth-order valence-corrected chi connectivity index (χ4v) is 3.32. The Labute approximate surface area is 127 Å². The Bertz CT molecular complexity index is 497. The zero-order valence-corrected chi connectivity index (χ0v) is 12.6. The summed E-state index contributed by atoms with van der Waals surface area (Å²) in [6, 6.07) is 11.0.